The Balaban J connectivity index is 2.09. The summed E-state index contributed by atoms with van der Waals surface area (Å²) in [5.41, 5.74) is -0.520. The number of nitrogens with one attached hydrogen (secondary N) is 1. The summed E-state index contributed by atoms with van der Waals surface area (Å²) in [5.74, 6) is 0.627. The van der Waals surface area contributed by atoms with Gasteiger partial charge in [0.2, 0.25) is 0 Å². The average molecular weight is 319 g/mol. The van der Waals surface area contributed by atoms with Crippen LogP contribution in [0.15, 0.2) is 12.3 Å². The summed E-state index contributed by atoms with van der Waals surface area (Å²) in [6, 6.07) is 1.19. The first kappa shape index (κ1) is 14.6. The predicted octanol–water partition coefficient (Wildman–Crippen LogP) is 3.26. The van der Waals surface area contributed by atoms with E-state index in [4.69, 9.17) is 11.6 Å². The third-order valence-corrected chi connectivity index (χ3v) is 4.08. The molecule has 1 aliphatic rings. The van der Waals surface area contributed by atoms with E-state index in [-0.39, 0.29) is 16.6 Å². The molecular weight excluding hydrogens is 305 g/mol. The second-order valence-corrected chi connectivity index (χ2v) is 5.81. The molecule has 2 atom stereocenters. The molecule has 1 aliphatic heterocycles. The molecule has 2 unspecified atom stereocenters. The number of rotatable bonds is 1. The monoisotopic (exact) mass is 318 g/mol. The molecule has 1 saturated heterocycles. The van der Waals surface area contributed by atoms with Gasteiger partial charge in [0.05, 0.1) is 10.6 Å². The van der Waals surface area contributed by atoms with Gasteiger partial charge in [0.1, 0.15) is 5.82 Å². The molecule has 21 heavy (non-hydrogen) atoms. The van der Waals surface area contributed by atoms with Gasteiger partial charge in [-0.25, -0.2) is 0 Å². The van der Waals surface area contributed by atoms with E-state index in [1.165, 1.54) is 4.40 Å². The summed E-state index contributed by atoms with van der Waals surface area (Å²) in [6.45, 7) is 2.86. The normalized spacial score (nSPS) is 23.7. The molecule has 3 heterocycles. The maximum absolute atomic E-state index is 12.9. The van der Waals surface area contributed by atoms with Crippen molar-refractivity contribution in [2.24, 2.45) is 0 Å². The Morgan fingerprint density at radius 3 is 2.81 bits per heavy atom. The molecular formula is C13H14ClF3N4. The van der Waals surface area contributed by atoms with Gasteiger partial charge in [-0.1, -0.05) is 11.6 Å². The van der Waals surface area contributed by atoms with Crippen LogP contribution in [0.2, 0.25) is 5.02 Å². The van der Waals surface area contributed by atoms with Crippen molar-refractivity contribution < 1.29 is 13.2 Å². The second kappa shape index (κ2) is 5.14. The first-order valence-corrected chi connectivity index (χ1v) is 7.09. The van der Waals surface area contributed by atoms with Gasteiger partial charge in [-0.2, -0.15) is 13.2 Å². The molecule has 0 radical (unpaired) electrons. The van der Waals surface area contributed by atoms with Crippen molar-refractivity contribution in [3.8, 4) is 0 Å². The zero-order chi connectivity index (χ0) is 15.2. The smallest absolute Gasteiger partial charge is 0.314 e. The number of hydrogen-bond donors (Lipinski definition) is 1. The number of aromatic nitrogens is 3. The van der Waals surface area contributed by atoms with E-state index in [1.54, 1.807) is 0 Å². The highest BCUT2D eigenvalue weighted by Gasteiger charge is 2.33. The van der Waals surface area contributed by atoms with Crippen molar-refractivity contribution in [1.29, 1.82) is 0 Å². The van der Waals surface area contributed by atoms with Crippen LogP contribution in [0.5, 0.6) is 0 Å². The second-order valence-electron chi connectivity index (χ2n) is 5.40. The van der Waals surface area contributed by atoms with Crippen molar-refractivity contribution >= 4 is 17.2 Å². The summed E-state index contributed by atoms with van der Waals surface area (Å²) in [5, 5.41) is 11.3. The standard InChI is InChI=1S/C13H14ClF3N4/c1-7-4-8(2-3-18-7)11-19-20-12-10(14)5-9(6-21(11)12)13(15,16)17/h5-8,18H,2-4H2,1H3. The van der Waals surface area contributed by atoms with E-state index < -0.39 is 11.7 Å². The van der Waals surface area contributed by atoms with Crippen molar-refractivity contribution in [1.82, 2.24) is 19.9 Å². The molecule has 4 nitrogen and oxygen atoms in total. The number of halogens is 4. The Bertz CT molecular complexity index is 667. The summed E-state index contributed by atoms with van der Waals surface area (Å²) in [7, 11) is 0. The lowest BCUT2D eigenvalue weighted by Crippen LogP contribution is -2.35. The molecule has 0 bridgehead atoms. The van der Waals surface area contributed by atoms with Crippen LogP contribution in [0, 0.1) is 0 Å². The minimum Gasteiger partial charge on any atom is -0.314 e. The lowest BCUT2D eigenvalue weighted by atomic mass is 9.92. The zero-order valence-electron chi connectivity index (χ0n) is 11.3. The van der Waals surface area contributed by atoms with Crippen molar-refractivity contribution in [2.75, 3.05) is 6.54 Å². The first-order chi connectivity index (χ1) is 9.86. The molecule has 3 rings (SSSR count). The van der Waals surface area contributed by atoms with E-state index in [9.17, 15) is 13.2 Å². The fourth-order valence-electron chi connectivity index (χ4n) is 2.77. The highest BCUT2D eigenvalue weighted by Crippen LogP contribution is 2.34. The van der Waals surface area contributed by atoms with Gasteiger partial charge >= 0.3 is 6.18 Å². The van der Waals surface area contributed by atoms with Gasteiger partial charge in [-0.05, 0) is 32.4 Å². The van der Waals surface area contributed by atoms with Gasteiger partial charge in [0.25, 0.3) is 0 Å². The minimum absolute atomic E-state index is 0.0365. The third-order valence-electron chi connectivity index (χ3n) is 3.80. The molecule has 2 aromatic heterocycles. The lowest BCUT2D eigenvalue weighted by molar-refractivity contribution is -0.137. The minimum atomic E-state index is -4.44. The highest BCUT2D eigenvalue weighted by molar-refractivity contribution is 6.33. The van der Waals surface area contributed by atoms with Crippen LogP contribution in [0.3, 0.4) is 0 Å². The van der Waals surface area contributed by atoms with Crippen LogP contribution in [-0.4, -0.2) is 27.2 Å². The highest BCUT2D eigenvalue weighted by atomic mass is 35.5. The molecule has 0 aliphatic carbocycles. The van der Waals surface area contributed by atoms with Crippen molar-refractivity contribution in [2.45, 2.75) is 37.9 Å². The first-order valence-electron chi connectivity index (χ1n) is 6.71. The number of pyridine rings is 1. The third kappa shape index (κ3) is 2.72. The van der Waals surface area contributed by atoms with E-state index in [1.807, 2.05) is 6.92 Å². The van der Waals surface area contributed by atoms with Crippen molar-refractivity contribution in [3.63, 3.8) is 0 Å². The van der Waals surface area contributed by atoms with Crippen LogP contribution in [0.4, 0.5) is 13.2 Å². The molecule has 1 fully saturated rings. The van der Waals surface area contributed by atoms with Gasteiger partial charge < -0.3 is 5.32 Å². The number of nitrogens with zero attached hydrogens (tertiary/aromatic N) is 3. The van der Waals surface area contributed by atoms with Gasteiger partial charge in [0.15, 0.2) is 5.65 Å². The Kier molecular flexibility index (Phi) is 3.57. The summed E-state index contributed by atoms with van der Waals surface area (Å²) in [4.78, 5) is 0. The van der Waals surface area contributed by atoms with Crippen LogP contribution in [0.1, 0.15) is 37.1 Å². The lowest BCUT2D eigenvalue weighted by Gasteiger charge is -2.26. The SMILES string of the molecule is CC1CC(c2nnc3c(Cl)cc(C(F)(F)F)cn23)CCN1. The van der Waals surface area contributed by atoms with Crippen molar-refractivity contribution in [3.05, 3.63) is 28.7 Å². The van der Waals surface area contributed by atoms with E-state index in [0.29, 0.717) is 11.9 Å². The molecule has 0 saturated carbocycles. The Labute approximate surface area is 124 Å². The van der Waals surface area contributed by atoms with E-state index >= 15 is 0 Å². The Morgan fingerprint density at radius 2 is 2.14 bits per heavy atom. The molecule has 8 heteroatoms. The molecule has 114 valence electrons. The number of piperidine rings is 1. The topological polar surface area (TPSA) is 42.2 Å². The fraction of sp³-hybridized carbons (Fsp3) is 0.538. The fourth-order valence-corrected chi connectivity index (χ4v) is 3.02. The van der Waals surface area contributed by atoms with Crippen LogP contribution in [0.25, 0.3) is 5.65 Å². The maximum atomic E-state index is 12.9. The molecule has 0 aromatic carbocycles. The number of hydrogen-bond acceptors (Lipinski definition) is 3. The van der Waals surface area contributed by atoms with E-state index in [0.717, 1.165) is 31.6 Å². The summed E-state index contributed by atoms with van der Waals surface area (Å²) < 4.78 is 40.1. The Morgan fingerprint density at radius 1 is 1.38 bits per heavy atom. The van der Waals surface area contributed by atoms with Gasteiger partial charge in [-0.3, -0.25) is 4.40 Å². The summed E-state index contributed by atoms with van der Waals surface area (Å²) in [6.07, 6.45) is -1.78. The van der Waals surface area contributed by atoms with Gasteiger partial charge in [-0.15, -0.1) is 10.2 Å². The molecule has 2 aromatic rings. The van der Waals surface area contributed by atoms with Crippen LogP contribution >= 0.6 is 11.6 Å². The van der Waals surface area contributed by atoms with E-state index in [2.05, 4.69) is 15.5 Å². The zero-order valence-corrected chi connectivity index (χ0v) is 12.0. The predicted molar refractivity (Wildman–Crippen MR) is 72.4 cm³/mol. The summed E-state index contributed by atoms with van der Waals surface area (Å²) >= 11 is 5.91. The maximum Gasteiger partial charge on any atom is 0.417 e. The number of alkyl halides is 3. The van der Waals surface area contributed by atoms with Gasteiger partial charge in [0, 0.05) is 18.2 Å². The van der Waals surface area contributed by atoms with Crippen LogP contribution < -0.4 is 5.32 Å². The molecule has 0 spiro atoms. The average Bonchev–Trinajstić information content (AvgIpc) is 2.82. The molecule has 0 amide bonds. The Hall–Kier alpha value is -1.34. The van der Waals surface area contributed by atoms with Crippen LogP contribution in [-0.2, 0) is 6.18 Å². The quantitative estimate of drug-likeness (QED) is 0.877. The molecule has 1 N–H and O–H groups in total. The largest absolute Gasteiger partial charge is 0.417 e. The number of fused-ring (bicyclic) bond motifs is 1.